The number of benzene rings is 2. The van der Waals surface area contributed by atoms with Crippen LogP contribution in [0.15, 0.2) is 48.0 Å². The molecule has 178 valence electrons. The molecule has 0 bridgehead atoms. The molecule has 1 fully saturated rings. The number of ether oxygens (including phenoxy) is 2. The van der Waals surface area contributed by atoms with Crippen LogP contribution in [-0.4, -0.2) is 54.1 Å². The van der Waals surface area contributed by atoms with Crippen molar-refractivity contribution in [1.82, 2.24) is 9.88 Å². The number of rotatable bonds is 7. The minimum Gasteiger partial charge on any atom is -0.507 e. The van der Waals surface area contributed by atoms with Gasteiger partial charge in [0, 0.05) is 41.4 Å². The van der Waals surface area contributed by atoms with Gasteiger partial charge in [0.25, 0.3) is 11.7 Å². The normalized spacial score (nSPS) is 17.8. The van der Waals surface area contributed by atoms with E-state index in [1.807, 2.05) is 51.1 Å². The van der Waals surface area contributed by atoms with Crippen molar-refractivity contribution in [2.45, 2.75) is 32.7 Å². The highest BCUT2D eigenvalue weighted by atomic mass is 16.5. The number of aryl methyl sites for hydroxylation is 1. The summed E-state index contributed by atoms with van der Waals surface area (Å²) in [5.41, 5.74) is 3.98. The van der Waals surface area contributed by atoms with E-state index in [4.69, 9.17) is 9.47 Å². The van der Waals surface area contributed by atoms with Gasteiger partial charge in [-0.1, -0.05) is 32.0 Å². The zero-order chi connectivity index (χ0) is 24.6. The van der Waals surface area contributed by atoms with E-state index in [0.717, 1.165) is 27.7 Å². The van der Waals surface area contributed by atoms with Crippen LogP contribution in [0.1, 0.15) is 48.2 Å². The summed E-state index contributed by atoms with van der Waals surface area (Å²) in [5, 5.41) is 12.4. The maximum absolute atomic E-state index is 13.3. The first kappa shape index (κ1) is 23.6. The standard InChI is InChI=1S/C27H30N2O5/c1-15(2)19-14-17(10-11-21(19)34-5)25(30)23-24(29(12-13-33-4)27(32)26(23)31)22-16(3)28-20-9-7-6-8-18(20)22/h6-11,14-15,24,28,30H,12-13H2,1-5H3/b25-23+. The van der Waals surface area contributed by atoms with Crippen LogP contribution in [0.4, 0.5) is 0 Å². The summed E-state index contributed by atoms with van der Waals surface area (Å²) in [6.07, 6.45) is 0. The number of Topliss-reactive ketones (excluding diaryl/α,β-unsaturated/α-hetero) is 1. The number of ketones is 1. The number of nitrogens with zero attached hydrogens (tertiary/aromatic N) is 1. The van der Waals surface area contributed by atoms with Gasteiger partial charge in [0.1, 0.15) is 11.5 Å². The maximum atomic E-state index is 13.3. The average Bonchev–Trinajstić information content (AvgIpc) is 3.28. The predicted molar refractivity (Wildman–Crippen MR) is 131 cm³/mol. The fourth-order valence-electron chi connectivity index (χ4n) is 4.74. The molecule has 4 rings (SSSR count). The van der Waals surface area contributed by atoms with Gasteiger partial charge in [-0.05, 0) is 42.7 Å². The minimum absolute atomic E-state index is 0.0776. The smallest absolute Gasteiger partial charge is 0.295 e. The monoisotopic (exact) mass is 462 g/mol. The van der Waals surface area contributed by atoms with Crippen LogP contribution in [0.25, 0.3) is 16.7 Å². The number of para-hydroxylation sites is 1. The summed E-state index contributed by atoms with van der Waals surface area (Å²) < 4.78 is 10.7. The molecule has 2 heterocycles. The van der Waals surface area contributed by atoms with Crippen LogP contribution in [0.5, 0.6) is 5.75 Å². The summed E-state index contributed by atoms with van der Waals surface area (Å²) >= 11 is 0. The van der Waals surface area contributed by atoms with Gasteiger partial charge in [0.05, 0.1) is 25.3 Å². The second-order valence-corrected chi connectivity index (χ2v) is 8.81. The van der Waals surface area contributed by atoms with Crippen molar-refractivity contribution in [3.05, 3.63) is 70.4 Å². The van der Waals surface area contributed by atoms with Gasteiger partial charge in [-0.25, -0.2) is 0 Å². The van der Waals surface area contributed by atoms with Gasteiger partial charge in [-0.15, -0.1) is 0 Å². The molecule has 2 aromatic carbocycles. The molecule has 0 radical (unpaired) electrons. The molecule has 1 aromatic heterocycles. The molecule has 0 spiro atoms. The summed E-state index contributed by atoms with van der Waals surface area (Å²) in [5.74, 6) is -0.705. The third kappa shape index (κ3) is 3.86. The van der Waals surface area contributed by atoms with Crippen molar-refractivity contribution < 1.29 is 24.2 Å². The molecule has 1 saturated heterocycles. The second-order valence-electron chi connectivity index (χ2n) is 8.81. The number of amides is 1. The summed E-state index contributed by atoms with van der Waals surface area (Å²) in [6, 6.07) is 12.3. The van der Waals surface area contributed by atoms with E-state index in [0.29, 0.717) is 11.3 Å². The van der Waals surface area contributed by atoms with Gasteiger partial charge < -0.3 is 24.5 Å². The third-order valence-corrected chi connectivity index (χ3v) is 6.42. The molecule has 7 nitrogen and oxygen atoms in total. The molecule has 3 aromatic rings. The van der Waals surface area contributed by atoms with Crippen molar-refractivity contribution in [3.8, 4) is 5.75 Å². The molecule has 1 aliphatic heterocycles. The average molecular weight is 463 g/mol. The highest BCUT2D eigenvalue weighted by molar-refractivity contribution is 6.46. The minimum atomic E-state index is -0.740. The Labute approximate surface area is 199 Å². The van der Waals surface area contributed by atoms with E-state index >= 15 is 0 Å². The van der Waals surface area contributed by atoms with Gasteiger partial charge in [-0.3, -0.25) is 9.59 Å². The topological polar surface area (TPSA) is 91.9 Å². The van der Waals surface area contributed by atoms with Crippen molar-refractivity contribution in [3.63, 3.8) is 0 Å². The number of carbonyl (C=O) groups is 2. The quantitative estimate of drug-likeness (QED) is 0.302. The maximum Gasteiger partial charge on any atom is 0.295 e. The summed E-state index contributed by atoms with van der Waals surface area (Å²) in [7, 11) is 3.15. The zero-order valence-corrected chi connectivity index (χ0v) is 20.1. The Hall–Kier alpha value is -3.58. The van der Waals surface area contributed by atoms with E-state index < -0.39 is 17.7 Å². The summed E-state index contributed by atoms with van der Waals surface area (Å²) in [6.45, 7) is 6.46. The Bertz CT molecular complexity index is 1290. The first-order chi connectivity index (χ1) is 16.3. The van der Waals surface area contributed by atoms with Gasteiger partial charge in [-0.2, -0.15) is 0 Å². The molecule has 1 unspecified atom stereocenters. The predicted octanol–water partition coefficient (Wildman–Crippen LogP) is 4.68. The first-order valence-corrected chi connectivity index (χ1v) is 11.3. The number of H-pyrrole nitrogens is 1. The highest BCUT2D eigenvalue weighted by Gasteiger charge is 2.47. The lowest BCUT2D eigenvalue weighted by Gasteiger charge is -2.25. The number of hydrogen-bond acceptors (Lipinski definition) is 5. The molecule has 34 heavy (non-hydrogen) atoms. The molecule has 0 saturated carbocycles. The van der Waals surface area contributed by atoms with E-state index in [1.54, 1.807) is 26.4 Å². The van der Waals surface area contributed by atoms with E-state index in [9.17, 15) is 14.7 Å². The van der Waals surface area contributed by atoms with E-state index in [-0.39, 0.29) is 30.4 Å². The SMILES string of the molecule is COCCN1C(=O)C(=O)/C(=C(/O)c2ccc(OC)c(C(C)C)c2)C1c1c(C)[nH]c2ccccc12. The zero-order valence-electron chi connectivity index (χ0n) is 20.1. The number of aliphatic hydroxyl groups is 1. The van der Waals surface area contributed by atoms with Crippen LogP contribution in [-0.2, 0) is 14.3 Å². The first-order valence-electron chi connectivity index (χ1n) is 11.3. The van der Waals surface area contributed by atoms with Crippen LogP contribution in [0, 0.1) is 6.92 Å². The summed E-state index contributed by atoms with van der Waals surface area (Å²) in [4.78, 5) is 31.3. The molecular weight excluding hydrogens is 432 g/mol. The van der Waals surface area contributed by atoms with Crippen molar-refractivity contribution in [2.24, 2.45) is 0 Å². The lowest BCUT2D eigenvalue weighted by molar-refractivity contribution is -0.140. The second kappa shape index (κ2) is 9.35. The lowest BCUT2D eigenvalue weighted by atomic mass is 9.92. The number of nitrogens with one attached hydrogen (secondary N) is 1. The number of aliphatic hydroxyl groups excluding tert-OH is 1. The lowest BCUT2D eigenvalue weighted by Crippen LogP contribution is -2.32. The number of fused-ring (bicyclic) bond motifs is 1. The fraction of sp³-hybridized carbons (Fsp3) is 0.333. The largest absolute Gasteiger partial charge is 0.507 e. The number of carbonyl (C=O) groups excluding carboxylic acids is 2. The fourth-order valence-corrected chi connectivity index (χ4v) is 4.74. The molecule has 1 aliphatic rings. The Balaban J connectivity index is 1.96. The number of aromatic nitrogens is 1. The number of aromatic amines is 1. The van der Waals surface area contributed by atoms with Crippen molar-refractivity contribution >= 4 is 28.4 Å². The highest BCUT2D eigenvalue weighted by Crippen LogP contribution is 2.43. The van der Waals surface area contributed by atoms with Gasteiger partial charge in [0.15, 0.2) is 0 Å². The van der Waals surface area contributed by atoms with Crippen molar-refractivity contribution in [1.29, 1.82) is 0 Å². The Morgan fingerprint density at radius 2 is 1.88 bits per heavy atom. The van der Waals surface area contributed by atoms with Crippen LogP contribution >= 0.6 is 0 Å². The van der Waals surface area contributed by atoms with Crippen LogP contribution < -0.4 is 4.74 Å². The Morgan fingerprint density at radius 3 is 2.56 bits per heavy atom. The van der Waals surface area contributed by atoms with Gasteiger partial charge >= 0.3 is 0 Å². The number of methoxy groups -OCH3 is 2. The molecule has 1 atom stereocenters. The van der Waals surface area contributed by atoms with Crippen LogP contribution in [0.2, 0.25) is 0 Å². The molecule has 1 amide bonds. The van der Waals surface area contributed by atoms with E-state index in [2.05, 4.69) is 4.98 Å². The van der Waals surface area contributed by atoms with E-state index in [1.165, 1.54) is 4.90 Å². The molecule has 0 aliphatic carbocycles. The van der Waals surface area contributed by atoms with Crippen molar-refractivity contribution in [2.75, 3.05) is 27.4 Å². The third-order valence-electron chi connectivity index (χ3n) is 6.42. The number of hydrogen-bond donors (Lipinski definition) is 2. The molecule has 7 heteroatoms. The molecule has 2 N–H and O–H groups in total. The van der Waals surface area contributed by atoms with Gasteiger partial charge in [0.2, 0.25) is 0 Å². The Morgan fingerprint density at radius 1 is 1.15 bits per heavy atom. The number of likely N-dealkylation sites (tertiary alicyclic amines) is 1. The molecular formula is C27H30N2O5. The van der Waals surface area contributed by atoms with Crippen LogP contribution in [0.3, 0.4) is 0 Å². The Kier molecular flexibility index (Phi) is 6.48.